The molecule has 0 bridgehead atoms. The van der Waals surface area contributed by atoms with Crippen LogP contribution in [0.2, 0.25) is 0 Å². The molecule has 0 aromatic heterocycles. The average Bonchev–Trinajstić information content (AvgIpc) is 2.82. The summed E-state index contributed by atoms with van der Waals surface area (Å²) in [5.74, 6) is 0.853. The number of nitrogens with zero attached hydrogens (tertiary/aromatic N) is 1. The zero-order valence-corrected chi connectivity index (χ0v) is 19.1. The molecule has 2 aliphatic rings. The molecule has 1 saturated heterocycles. The summed E-state index contributed by atoms with van der Waals surface area (Å²) in [6.07, 6.45) is 7.67. The lowest BCUT2D eigenvalue weighted by Crippen LogP contribution is -2.39. The van der Waals surface area contributed by atoms with Gasteiger partial charge in [-0.1, -0.05) is 43.2 Å². The van der Waals surface area contributed by atoms with E-state index in [1.807, 2.05) is 17.0 Å². The van der Waals surface area contributed by atoms with Crippen LogP contribution in [0.4, 0.5) is 0 Å². The molecule has 0 N–H and O–H groups in total. The maximum atomic E-state index is 12.9. The van der Waals surface area contributed by atoms with Gasteiger partial charge in [0.1, 0.15) is 10.1 Å². The van der Waals surface area contributed by atoms with Gasteiger partial charge >= 0.3 is 0 Å². The van der Waals surface area contributed by atoms with Gasteiger partial charge < -0.3 is 4.74 Å². The molecule has 7 heteroatoms. The van der Waals surface area contributed by atoms with Gasteiger partial charge in [-0.05, 0) is 76.2 Å². The average molecular weight is 585 g/mol. The predicted molar refractivity (Wildman–Crippen MR) is 120 cm³/mol. The fourth-order valence-electron chi connectivity index (χ4n) is 3.18. The Labute approximate surface area is 179 Å². The number of carbonyl (C=O) groups excluding carboxylic acids is 1. The van der Waals surface area contributed by atoms with Crippen LogP contribution < -0.4 is 4.74 Å². The fraction of sp³-hybridized carbons (Fsp3) is 0.412. The van der Waals surface area contributed by atoms with E-state index in [0.29, 0.717) is 9.23 Å². The van der Waals surface area contributed by atoms with E-state index >= 15 is 0 Å². The van der Waals surface area contributed by atoms with E-state index < -0.39 is 0 Å². The van der Waals surface area contributed by atoms with E-state index in [-0.39, 0.29) is 11.9 Å². The number of hydrogen-bond acceptors (Lipinski definition) is 4. The zero-order valence-electron chi connectivity index (χ0n) is 13.2. The van der Waals surface area contributed by atoms with Crippen LogP contribution in [0.1, 0.15) is 37.7 Å². The molecule has 1 aromatic rings. The summed E-state index contributed by atoms with van der Waals surface area (Å²) in [5.41, 5.74) is 0.929. The fourth-order valence-corrected chi connectivity index (χ4v) is 6.68. The number of benzene rings is 1. The maximum absolute atomic E-state index is 12.9. The zero-order chi connectivity index (χ0) is 17.3. The largest absolute Gasteiger partial charge is 0.495 e. The topological polar surface area (TPSA) is 29.5 Å². The van der Waals surface area contributed by atoms with Crippen molar-refractivity contribution in [2.45, 2.75) is 38.1 Å². The van der Waals surface area contributed by atoms with E-state index in [1.165, 1.54) is 31.0 Å². The minimum Gasteiger partial charge on any atom is -0.495 e. The normalized spacial score (nSPS) is 21.0. The van der Waals surface area contributed by atoms with Crippen LogP contribution in [0.15, 0.2) is 17.0 Å². The van der Waals surface area contributed by atoms with Gasteiger partial charge in [-0.3, -0.25) is 9.69 Å². The Balaban J connectivity index is 1.92. The maximum Gasteiger partial charge on any atom is 0.266 e. The molecule has 0 unspecified atom stereocenters. The van der Waals surface area contributed by atoms with Crippen molar-refractivity contribution in [2.24, 2.45) is 0 Å². The van der Waals surface area contributed by atoms with Crippen molar-refractivity contribution < 1.29 is 9.53 Å². The third-order valence-electron chi connectivity index (χ3n) is 4.29. The molecule has 3 nitrogen and oxygen atoms in total. The van der Waals surface area contributed by atoms with Crippen molar-refractivity contribution in [2.75, 3.05) is 7.11 Å². The van der Waals surface area contributed by atoms with Gasteiger partial charge in [0, 0.05) is 15.2 Å². The number of methoxy groups -OCH3 is 1. The number of carbonyl (C=O) groups is 1. The highest BCUT2D eigenvalue weighted by Gasteiger charge is 2.37. The molecule has 1 aliphatic heterocycles. The highest BCUT2D eigenvalue weighted by molar-refractivity contribution is 14.1. The molecule has 0 spiro atoms. The summed E-state index contributed by atoms with van der Waals surface area (Å²) in [5, 5.41) is 0. The van der Waals surface area contributed by atoms with E-state index in [9.17, 15) is 4.79 Å². The number of halogens is 2. The van der Waals surface area contributed by atoms with Crippen LogP contribution in [0.25, 0.3) is 6.08 Å². The Morgan fingerprint density at radius 2 is 2.00 bits per heavy atom. The molecule has 1 aliphatic carbocycles. The smallest absolute Gasteiger partial charge is 0.266 e. The third kappa shape index (κ3) is 3.93. The molecule has 1 amide bonds. The van der Waals surface area contributed by atoms with Gasteiger partial charge in [0.15, 0.2) is 0 Å². The molecule has 1 aromatic carbocycles. The Kier molecular flexibility index (Phi) is 6.47. The van der Waals surface area contributed by atoms with Gasteiger partial charge in [0.2, 0.25) is 0 Å². The summed E-state index contributed by atoms with van der Waals surface area (Å²) in [7, 11) is 1.66. The monoisotopic (exact) mass is 585 g/mol. The van der Waals surface area contributed by atoms with Gasteiger partial charge in [-0.25, -0.2) is 0 Å². The molecular formula is C17H17I2NO2S2. The summed E-state index contributed by atoms with van der Waals surface area (Å²) >= 11 is 11.4. The standard InChI is InChI=1S/C17H17I2NO2S2/c1-22-15-10(7-11(18)9-13(15)19)8-14-16(21)20(17(23)24-14)12-5-3-2-4-6-12/h7-9,12H,2-6H2,1H3. The van der Waals surface area contributed by atoms with Crippen molar-refractivity contribution in [3.8, 4) is 5.75 Å². The summed E-state index contributed by atoms with van der Waals surface area (Å²) < 4.78 is 8.37. The molecule has 128 valence electrons. The van der Waals surface area contributed by atoms with Crippen LogP contribution in [-0.2, 0) is 4.79 Å². The lowest BCUT2D eigenvalue weighted by atomic mass is 9.94. The number of rotatable bonds is 3. The Morgan fingerprint density at radius 1 is 1.29 bits per heavy atom. The first-order valence-electron chi connectivity index (χ1n) is 7.81. The Hall–Kier alpha value is 0.130. The molecule has 3 rings (SSSR count). The second-order valence-corrected chi connectivity index (χ2v) is 9.94. The summed E-state index contributed by atoms with van der Waals surface area (Å²) in [4.78, 5) is 15.4. The highest BCUT2D eigenvalue weighted by atomic mass is 127. The second kappa shape index (κ2) is 8.22. The van der Waals surface area contributed by atoms with Crippen molar-refractivity contribution in [1.29, 1.82) is 0 Å². The van der Waals surface area contributed by atoms with Crippen LogP contribution >= 0.6 is 69.2 Å². The van der Waals surface area contributed by atoms with Crippen molar-refractivity contribution in [3.05, 3.63) is 29.7 Å². The third-order valence-corrected chi connectivity index (χ3v) is 7.05. The minimum atomic E-state index is 0.0489. The van der Waals surface area contributed by atoms with Crippen LogP contribution in [-0.4, -0.2) is 28.3 Å². The van der Waals surface area contributed by atoms with E-state index in [0.717, 1.165) is 31.3 Å². The number of amides is 1. The van der Waals surface area contributed by atoms with Gasteiger partial charge in [0.25, 0.3) is 5.91 Å². The lowest BCUT2D eigenvalue weighted by molar-refractivity contribution is -0.124. The minimum absolute atomic E-state index is 0.0489. The molecule has 2 fully saturated rings. The van der Waals surface area contributed by atoms with Crippen molar-refractivity contribution >= 4 is 85.5 Å². The SMILES string of the molecule is COc1c(I)cc(I)cc1C=C1SC(=S)N(C2CCCCC2)C1=O. The molecular weight excluding hydrogens is 568 g/mol. The second-order valence-electron chi connectivity index (χ2n) is 5.85. The van der Waals surface area contributed by atoms with Crippen LogP contribution in [0.5, 0.6) is 5.75 Å². The van der Waals surface area contributed by atoms with Crippen molar-refractivity contribution in [3.63, 3.8) is 0 Å². The molecule has 1 heterocycles. The molecule has 24 heavy (non-hydrogen) atoms. The first-order valence-corrected chi connectivity index (χ1v) is 11.2. The number of hydrogen-bond donors (Lipinski definition) is 0. The lowest BCUT2D eigenvalue weighted by Gasteiger charge is -2.29. The first kappa shape index (κ1) is 18.9. The molecule has 0 atom stereocenters. The molecule has 0 radical (unpaired) electrons. The highest BCUT2D eigenvalue weighted by Crippen LogP contribution is 2.39. The predicted octanol–water partition coefficient (Wildman–Crippen LogP) is 5.44. The van der Waals surface area contributed by atoms with E-state index in [1.54, 1.807) is 7.11 Å². The van der Waals surface area contributed by atoms with E-state index in [4.69, 9.17) is 17.0 Å². The summed E-state index contributed by atoms with van der Waals surface area (Å²) in [6, 6.07) is 4.37. The number of ether oxygens (including phenoxy) is 1. The first-order chi connectivity index (χ1) is 11.5. The number of thiocarbonyl (C=S) groups is 1. The van der Waals surface area contributed by atoms with Crippen LogP contribution in [0.3, 0.4) is 0 Å². The van der Waals surface area contributed by atoms with Gasteiger partial charge in [-0.15, -0.1) is 0 Å². The van der Waals surface area contributed by atoms with Gasteiger partial charge in [0.05, 0.1) is 15.6 Å². The molecule has 1 saturated carbocycles. The van der Waals surface area contributed by atoms with Crippen molar-refractivity contribution in [1.82, 2.24) is 4.90 Å². The van der Waals surface area contributed by atoms with Crippen LogP contribution in [0, 0.1) is 7.14 Å². The van der Waals surface area contributed by atoms with Gasteiger partial charge in [-0.2, -0.15) is 0 Å². The number of thioether (sulfide) groups is 1. The summed E-state index contributed by atoms with van der Waals surface area (Å²) in [6.45, 7) is 0. The quantitative estimate of drug-likeness (QED) is 0.269. The Morgan fingerprint density at radius 3 is 2.67 bits per heavy atom. The van der Waals surface area contributed by atoms with E-state index in [2.05, 4.69) is 51.2 Å². The Bertz CT molecular complexity index is 715.